The van der Waals surface area contributed by atoms with Gasteiger partial charge in [-0.25, -0.2) is 4.39 Å². The average molecular weight is 228 g/mol. The number of ether oxygens (including phenoxy) is 1. The summed E-state index contributed by atoms with van der Waals surface area (Å²) in [6, 6.07) is 7.23. The summed E-state index contributed by atoms with van der Waals surface area (Å²) < 4.78 is 17.4. The van der Waals surface area contributed by atoms with Crippen molar-refractivity contribution in [1.82, 2.24) is 0 Å². The Morgan fingerprint density at radius 1 is 1.40 bits per heavy atom. The third-order valence-corrected chi connectivity index (χ3v) is 2.34. The molecule has 0 radical (unpaired) electrons. The van der Waals surface area contributed by atoms with Crippen LogP contribution >= 0.6 is 11.9 Å². The third-order valence-electron chi connectivity index (χ3n) is 1.80. The van der Waals surface area contributed by atoms with Crippen molar-refractivity contribution in [3.63, 3.8) is 0 Å². The number of rotatable bonds is 5. The molecule has 0 bridgehead atoms. The first-order valence-corrected chi connectivity index (χ1v) is 5.26. The van der Waals surface area contributed by atoms with Gasteiger partial charge >= 0.3 is 0 Å². The van der Waals surface area contributed by atoms with Crippen molar-refractivity contribution in [2.45, 2.75) is 4.90 Å². The van der Waals surface area contributed by atoms with E-state index < -0.39 is 0 Å². The molecule has 3 nitrogen and oxygen atoms in total. The van der Waals surface area contributed by atoms with Crippen LogP contribution in [0.3, 0.4) is 0 Å². The lowest BCUT2D eigenvalue weighted by molar-refractivity contribution is 0.347. The molecule has 0 unspecified atom stereocenters. The molecule has 0 fully saturated rings. The number of hydrogen-bond donors (Lipinski definition) is 2. The highest BCUT2D eigenvalue weighted by molar-refractivity contribution is 7.97. The van der Waals surface area contributed by atoms with E-state index in [0.717, 1.165) is 16.8 Å². The summed E-state index contributed by atoms with van der Waals surface area (Å²) in [7, 11) is 0. The molecule has 5 heteroatoms. The maximum Gasteiger partial charge on any atom is 0.119 e. The summed E-state index contributed by atoms with van der Waals surface area (Å²) in [6.45, 7) is 0.329. The molecule has 1 aromatic rings. The van der Waals surface area contributed by atoms with Crippen LogP contribution in [0.5, 0.6) is 5.75 Å². The monoisotopic (exact) mass is 228 g/mol. The zero-order valence-corrected chi connectivity index (χ0v) is 8.97. The van der Waals surface area contributed by atoms with Gasteiger partial charge in [0.1, 0.15) is 12.4 Å². The minimum atomic E-state index is 0.160. The summed E-state index contributed by atoms with van der Waals surface area (Å²) in [5.41, 5.74) is 5.71. The lowest BCUT2D eigenvalue weighted by atomic mass is 10.3. The fraction of sp³-hybridized carbons (Fsp3) is 0.200. The number of halogens is 1. The zero-order valence-electron chi connectivity index (χ0n) is 8.15. The second kappa shape index (κ2) is 6.44. The topological polar surface area (TPSA) is 61.3 Å². The van der Waals surface area contributed by atoms with Crippen LogP contribution < -0.4 is 15.6 Å². The number of nitrogens with two attached hydrogens (primary N) is 2. The predicted octanol–water partition coefficient (Wildman–Crippen LogP) is 1.84. The first-order chi connectivity index (χ1) is 7.30. The number of benzene rings is 1. The van der Waals surface area contributed by atoms with Crippen molar-refractivity contribution in [2.24, 2.45) is 10.9 Å². The summed E-state index contributed by atoms with van der Waals surface area (Å²) >= 11 is 1.16. The van der Waals surface area contributed by atoms with Crippen LogP contribution in [0.25, 0.3) is 0 Å². The van der Waals surface area contributed by atoms with Crippen molar-refractivity contribution in [3.8, 4) is 5.75 Å². The fourth-order valence-electron chi connectivity index (χ4n) is 0.925. The van der Waals surface area contributed by atoms with E-state index in [-0.39, 0.29) is 13.2 Å². The second-order valence-corrected chi connectivity index (χ2v) is 3.56. The van der Waals surface area contributed by atoms with Crippen molar-refractivity contribution in [3.05, 3.63) is 36.2 Å². The summed E-state index contributed by atoms with van der Waals surface area (Å²) in [4.78, 5) is 0.947. The van der Waals surface area contributed by atoms with Crippen molar-refractivity contribution >= 4 is 11.9 Å². The molecule has 4 N–H and O–H groups in total. The van der Waals surface area contributed by atoms with E-state index in [1.165, 1.54) is 0 Å². The van der Waals surface area contributed by atoms with Crippen molar-refractivity contribution in [1.29, 1.82) is 0 Å². The molecule has 0 aliphatic rings. The van der Waals surface area contributed by atoms with Gasteiger partial charge in [0.15, 0.2) is 0 Å². The van der Waals surface area contributed by atoms with Gasteiger partial charge in [-0.3, -0.25) is 5.14 Å². The molecule has 0 aromatic heterocycles. The maximum atomic E-state index is 12.1. The quantitative estimate of drug-likeness (QED) is 0.755. The van der Waals surface area contributed by atoms with Crippen LogP contribution in [0.15, 0.2) is 41.1 Å². The molecule has 1 aromatic carbocycles. The largest absolute Gasteiger partial charge is 0.489 e. The molecule has 0 aliphatic carbocycles. The molecule has 0 aliphatic heterocycles. The van der Waals surface area contributed by atoms with Crippen molar-refractivity contribution < 1.29 is 9.13 Å². The van der Waals surface area contributed by atoms with Gasteiger partial charge in [-0.15, -0.1) is 0 Å². The molecule has 1 rings (SSSR count). The zero-order chi connectivity index (χ0) is 11.1. The fourth-order valence-corrected chi connectivity index (χ4v) is 1.22. The highest BCUT2D eigenvalue weighted by Crippen LogP contribution is 2.17. The Bertz CT molecular complexity index is 327. The van der Waals surface area contributed by atoms with Gasteiger partial charge in [0.05, 0.1) is 6.33 Å². The van der Waals surface area contributed by atoms with Gasteiger partial charge in [-0.05, 0) is 36.2 Å². The third kappa shape index (κ3) is 3.91. The van der Waals surface area contributed by atoms with E-state index >= 15 is 0 Å². The predicted molar refractivity (Wildman–Crippen MR) is 60.2 cm³/mol. The smallest absolute Gasteiger partial charge is 0.119 e. The van der Waals surface area contributed by atoms with E-state index in [2.05, 4.69) is 0 Å². The molecule has 0 saturated heterocycles. The Morgan fingerprint density at radius 3 is 2.53 bits per heavy atom. The number of hydrogen-bond acceptors (Lipinski definition) is 4. The van der Waals surface area contributed by atoms with Crippen LogP contribution in [0, 0.1) is 0 Å². The van der Waals surface area contributed by atoms with Crippen LogP contribution in [0.2, 0.25) is 0 Å². The Kier molecular flexibility index (Phi) is 5.17. The summed E-state index contributed by atoms with van der Waals surface area (Å²) in [5.74, 6) is 0.667. The minimum absolute atomic E-state index is 0.160. The van der Waals surface area contributed by atoms with Gasteiger partial charge in [0, 0.05) is 17.0 Å². The van der Waals surface area contributed by atoms with E-state index in [1.807, 2.05) is 12.1 Å². The van der Waals surface area contributed by atoms with Gasteiger partial charge in [-0.2, -0.15) is 0 Å². The van der Waals surface area contributed by atoms with E-state index in [1.54, 1.807) is 12.1 Å². The van der Waals surface area contributed by atoms with E-state index in [4.69, 9.17) is 15.6 Å². The Labute approximate surface area is 92.4 Å². The van der Waals surface area contributed by atoms with Crippen LogP contribution in [0.1, 0.15) is 0 Å². The maximum absolute atomic E-state index is 12.1. The van der Waals surface area contributed by atoms with Crippen molar-refractivity contribution in [2.75, 3.05) is 13.2 Å². The molecule has 0 heterocycles. The van der Waals surface area contributed by atoms with Gasteiger partial charge in [0.25, 0.3) is 0 Å². The molecule has 15 heavy (non-hydrogen) atoms. The molecule has 0 saturated carbocycles. The Morgan fingerprint density at radius 2 is 2.07 bits per heavy atom. The SMILES string of the molecule is NC/C(=C\F)COc1ccc(SN)cc1. The molecule has 0 spiro atoms. The summed E-state index contributed by atoms with van der Waals surface area (Å²) in [6.07, 6.45) is 0.476. The lowest BCUT2D eigenvalue weighted by Crippen LogP contribution is -2.10. The first kappa shape index (κ1) is 12.0. The van der Waals surface area contributed by atoms with Crippen LogP contribution in [-0.2, 0) is 0 Å². The molecule has 0 atom stereocenters. The van der Waals surface area contributed by atoms with Gasteiger partial charge in [-0.1, -0.05) is 0 Å². The lowest BCUT2D eigenvalue weighted by Gasteiger charge is -2.07. The normalized spacial score (nSPS) is 11.5. The minimum Gasteiger partial charge on any atom is -0.489 e. The Balaban J connectivity index is 2.51. The molecule has 82 valence electrons. The highest BCUT2D eigenvalue weighted by atomic mass is 32.2. The van der Waals surface area contributed by atoms with Crippen LogP contribution in [-0.4, -0.2) is 13.2 Å². The van der Waals surface area contributed by atoms with Gasteiger partial charge < -0.3 is 10.5 Å². The standard InChI is InChI=1S/C10H13FN2OS/c11-5-8(6-12)7-14-9-1-3-10(15-13)4-2-9/h1-5H,6-7,12-13H2/b8-5+. The summed E-state index contributed by atoms with van der Waals surface area (Å²) in [5, 5.41) is 5.37. The molecular formula is C10H13FN2OS. The van der Waals surface area contributed by atoms with Gasteiger partial charge in [0.2, 0.25) is 0 Å². The molecular weight excluding hydrogens is 215 g/mol. The van der Waals surface area contributed by atoms with Crippen LogP contribution in [0.4, 0.5) is 4.39 Å². The Hall–Kier alpha value is -1.04. The highest BCUT2D eigenvalue weighted by Gasteiger charge is 1.98. The van der Waals surface area contributed by atoms with E-state index in [9.17, 15) is 4.39 Å². The molecule has 0 amide bonds. The van der Waals surface area contributed by atoms with E-state index in [0.29, 0.717) is 17.7 Å². The first-order valence-electron chi connectivity index (χ1n) is 4.38. The second-order valence-electron chi connectivity index (χ2n) is 2.85. The average Bonchev–Trinajstić information content (AvgIpc) is 2.31.